The molecule has 0 amide bonds. The minimum atomic E-state index is -0.0118. The topological polar surface area (TPSA) is 55.9 Å². The lowest BCUT2D eigenvalue weighted by atomic mass is 10.0. The van der Waals surface area contributed by atoms with Crippen LogP contribution in [0.1, 0.15) is 17.2 Å². The standard InChI is InChI=1S/C12H14BrClN4/c1-18-7-8(6-16-18)4-12(17-15)10-5-9(14)2-3-11(10)13/h2-3,5-7,12,17H,4,15H2,1H3. The van der Waals surface area contributed by atoms with Crippen molar-refractivity contribution >= 4 is 27.5 Å². The molecule has 0 aliphatic rings. The van der Waals surface area contributed by atoms with E-state index in [0.29, 0.717) is 5.02 Å². The Bertz CT molecular complexity index is 541. The van der Waals surface area contributed by atoms with Gasteiger partial charge >= 0.3 is 0 Å². The number of nitrogens with zero attached hydrogens (tertiary/aromatic N) is 2. The van der Waals surface area contributed by atoms with E-state index in [-0.39, 0.29) is 6.04 Å². The van der Waals surface area contributed by atoms with Crippen LogP contribution in [0.5, 0.6) is 0 Å². The quantitative estimate of drug-likeness (QED) is 0.669. The molecule has 1 atom stereocenters. The van der Waals surface area contributed by atoms with Crippen molar-refractivity contribution in [1.29, 1.82) is 0 Å². The highest BCUT2D eigenvalue weighted by atomic mass is 79.9. The highest BCUT2D eigenvalue weighted by Gasteiger charge is 2.15. The summed E-state index contributed by atoms with van der Waals surface area (Å²) < 4.78 is 2.76. The van der Waals surface area contributed by atoms with Gasteiger partial charge in [0, 0.05) is 22.7 Å². The lowest BCUT2D eigenvalue weighted by molar-refractivity contribution is 0.550. The van der Waals surface area contributed by atoms with Gasteiger partial charge in [0.1, 0.15) is 0 Å². The first-order valence-corrected chi connectivity index (χ1v) is 6.66. The van der Waals surface area contributed by atoms with Crippen LogP contribution in [0.3, 0.4) is 0 Å². The second-order valence-corrected chi connectivity index (χ2v) is 5.40. The Balaban J connectivity index is 2.25. The molecule has 96 valence electrons. The predicted octanol–water partition coefficient (Wildman–Crippen LogP) is 2.58. The van der Waals surface area contributed by atoms with Crippen molar-refractivity contribution in [1.82, 2.24) is 15.2 Å². The monoisotopic (exact) mass is 328 g/mol. The summed E-state index contributed by atoms with van der Waals surface area (Å²) in [6.45, 7) is 0. The van der Waals surface area contributed by atoms with Crippen LogP contribution in [0.2, 0.25) is 5.02 Å². The largest absolute Gasteiger partial charge is 0.276 e. The first-order valence-electron chi connectivity index (χ1n) is 5.48. The molecule has 1 aromatic carbocycles. The molecule has 0 aliphatic heterocycles. The molecule has 1 aromatic heterocycles. The number of rotatable bonds is 4. The molecule has 1 unspecified atom stereocenters. The van der Waals surface area contributed by atoms with Crippen LogP contribution in [0, 0.1) is 0 Å². The second-order valence-electron chi connectivity index (χ2n) is 4.11. The van der Waals surface area contributed by atoms with Gasteiger partial charge in [-0.25, -0.2) is 0 Å². The molecular formula is C12H14BrClN4. The van der Waals surface area contributed by atoms with E-state index in [2.05, 4.69) is 26.5 Å². The van der Waals surface area contributed by atoms with Crippen molar-refractivity contribution in [3.8, 4) is 0 Å². The van der Waals surface area contributed by atoms with E-state index in [1.165, 1.54) is 0 Å². The number of hydrogen-bond acceptors (Lipinski definition) is 3. The average molecular weight is 330 g/mol. The molecule has 2 rings (SSSR count). The molecule has 6 heteroatoms. The maximum Gasteiger partial charge on any atom is 0.0522 e. The third-order valence-corrected chi connectivity index (χ3v) is 3.69. The van der Waals surface area contributed by atoms with Crippen molar-refractivity contribution in [2.45, 2.75) is 12.5 Å². The number of nitrogens with two attached hydrogens (primary N) is 1. The maximum atomic E-state index is 6.02. The van der Waals surface area contributed by atoms with E-state index in [9.17, 15) is 0 Å². The molecule has 0 bridgehead atoms. The Morgan fingerprint density at radius 3 is 2.94 bits per heavy atom. The van der Waals surface area contributed by atoms with Crippen molar-refractivity contribution in [3.05, 3.63) is 51.2 Å². The summed E-state index contributed by atoms with van der Waals surface area (Å²) >= 11 is 9.53. The first-order chi connectivity index (χ1) is 8.60. The Labute approximate surface area is 119 Å². The van der Waals surface area contributed by atoms with Gasteiger partial charge in [-0.15, -0.1) is 0 Å². The smallest absolute Gasteiger partial charge is 0.0522 e. The highest BCUT2D eigenvalue weighted by molar-refractivity contribution is 9.10. The van der Waals surface area contributed by atoms with E-state index >= 15 is 0 Å². The molecule has 0 aliphatic carbocycles. The number of aromatic nitrogens is 2. The maximum absolute atomic E-state index is 6.02. The van der Waals surface area contributed by atoms with Crippen LogP contribution in [-0.4, -0.2) is 9.78 Å². The summed E-state index contributed by atoms with van der Waals surface area (Å²) in [5.74, 6) is 5.64. The predicted molar refractivity (Wildman–Crippen MR) is 76.1 cm³/mol. The zero-order chi connectivity index (χ0) is 13.1. The van der Waals surface area contributed by atoms with Crippen molar-refractivity contribution in [2.75, 3.05) is 0 Å². The fraction of sp³-hybridized carbons (Fsp3) is 0.250. The van der Waals surface area contributed by atoms with E-state index in [1.807, 2.05) is 37.6 Å². The Kier molecular flexibility index (Phi) is 4.40. The lowest BCUT2D eigenvalue weighted by Gasteiger charge is -2.17. The number of nitrogens with one attached hydrogen (secondary N) is 1. The fourth-order valence-corrected chi connectivity index (χ4v) is 2.56. The van der Waals surface area contributed by atoms with Crippen LogP contribution >= 0.6 is 27.5 Å². The van der Waals surface area contributed by atoms with Gasteiger partial charge in [0.15, 0.2) is 0 Å². The number of hydrazine groups is 1. The normalized spacial score (nSPS) is 12.7. The van der Waals surface area contributed by atoms with Crippen molar-refractivity contribution in [2.24, 2.45) is 12.9 Å². The van der Waals surface area contributed by atoms with Gasteiger partial charge in [-0.3, -0.25) is 16.0 Å². The van der Waals surface area contributed by atoms with Crippen molar-refractivity contribution in [3.63, 3.8) is 0 Å². The molecular weight excluding hydrogens is 316 g/mol. The van der Waals surface area contributed by atoms with E-state index < -0.39 is 0 Å². The van der Waals surface area contributed by atoms with Crippen molar-refractivity contribution < 1.29 is 0 Å². The van der Waals surface area contributed by atoms with E-state index in [0.717, 1.165) is 22.0 Å². The molecule has 18 heavy (non-hydrogen) atoms. The van der Waals surface area contributed by atoms with Gasteiger partial charge in [-0.05, 0) is 35.7 Å². The SMILES string of the molecule is Cn1cc(CC(NN)c2cc(Cl)ccc2Br)cn1. The summed E-state index contributed by atoms with van der Waals surface area (Å²) in [5.41, 5.74) is 4.97. The average Bonchev–Trinajstić information content (AvgIpc) is 2.75. The number of halogens is 2. The third-order valence-electron chi connectivity index (χ3n) is 2.73. The molecule has 0 radical (unpaired) electrons. The summed E-state index contributed by atoms with van der Waals surface area (Å²) in [5, 5.41) is 4.84. The molecule has 3 N–H and O–H groups in total. The summed E-state index contributed by atoms with van der Waals surface area (Å²) in [6, 6.07) is 5.66. The zero-order valence-corrected chi connectivity index (χ0v) is 12.2. The lowest BCUT2D eigenvalue weighted by Crippen LogP contribution is -2.29. The molecule has 1 heterocycles. The number of benzene rings is 1. The highest BCUT2D eigenvalue weighted by Crippen LogP contribution is 2.28. The Morgan fingerprint density at radius 1 is 1.56 bits per heavy atom. The van der Waals surface area contributed by atoms with Crippen LogP contribution in [0.4, 0.5) is 0 Å². The molecule has 0 fully saturated rings. The van der Waals surface area contributed by atoms with Gasteiger partial charge in [0.25, 0.3) is 0 Å². The first kappa shape index (κ1) is 13.5. The minimum absolute atomic E-state index is 0.0118. The molecule has 2 aromatic rings. The summed E-state index contributed by atoms with van der Waals surface area (Å²) in [4.78, 5) is 0. The van der Waals surface area contributed by atoms with Crippen LogP contribution in [-0.2, 0) is 13.5 Å². The summed E-state index contributed by atoms with van der Waals surface area (Å²) in [7, 11) is 1.89. The number of aryl methyl sites for hydroxylation is 1. The van der Waals surface area contributed by atoms with Gasteiger partial charge in [0.05, 0.1) is 12.2 Å². The van der Waals surface area contributed by atoms with Gasteiger partial charge in [-0.2, -0.15) is 5.10 Å². The van der Waals surface area contributed by atoms with Gasteiger partial charge in [-0.1, -0.05) is 27.5 Å². The van der Waals surface area contributed by atoms with Gasteiger partial charge in [0.2, 0.25) is 0 Å². The molecule has 0 saturated carbocycles. The Morgan fingerprint density at radius 2 is 2.33 bits per heavy atom. The van der Waals surface area contributed by atoms with Crippen LogP contribution in [0.25, 0.3) is 0 Å². The second kappa shape index (κ2) is 5.84. The third kappa shape index (κ3) is 3.11. The molecule has 0 spiro atoms. The van der Waals surface area contributed by atoms with Crippen LogP contribution in [0.15, 0.2) is 35.1 Å². The fourth-order valence-electron chi connectivity index (χ4n) is 1.85. The minimum Gasteiger partial charge on any atom is -0.276 e. The van der Waals surface area contributed by atoms with E-state index in [1.54, 1.807) is 4.68 Å². The summed E-state index contributed by atoms with van der Waals surface area (Å²) in [6.07, 6.45) is 4.56. The van der Waals surface area contributed by atoms with Crippen LogP contribution < -0.4 is 11.3 Å². The Hall–Kier alpha value is -0.880. The van der Waals surface area contributed by atoms with Gasteiger partial charge < -0.3 is 0 Å². The zero-order valence-electron chi connectivity index (χ0n) is 9.90. The van der Waals surface area contributed by atoms with E-state index in [4.69, 9.17) is 17.4 Å². The molecule has 0 saturated heterocycles. The molecule has 4 nitrogen and oxygen atoms in total. The number of hydrogen-bond donors (Lipinski definition) is 2.